The Bertz CT molecular complexity index is 1050. The number of tetrazole rings is 1. The van der Waals surface area contributed by atoms with Gasteiger partial charge in [0.1, 0.15) is 5.54 Å². The summed E-state index contributed by atoms with van der Waals surface area (Å²) in [6.07, 6.45) is 4.62. The highest BCUT2D eigenvalue weighted by molar-refractivity contribution is 5.89. The Balaban J connectivity index is 1.46. The predicted molar refractivity (Wildman–Crippen MR) is 109 cm³/mol. The number of rotatable bonds is 4. The van der Waals surface area contributed by atoms with Gasteiger partial charge in [-0.15, -0.1) is 5.10 Å². The van der Waals surface area contributed by atoms with Crippen molar-refractivity contribution >= 4 is 11.7 Å². The molecule has 0 radical (unpaired) electrons. The van der Waals surface area contributed by atoms with Gasteiger partial charge in [-0.1, -0.05) is 37.5 Å². The molecular weight excluding hydrogens is 384 g/mol. The number of urea groups is 1. The van der Waals surface area contributed by atoms with E-state index >= 15 is 0 Å². The minimum absolute atomic E-state index is 0.201. The first-order valence-corrected chi connectivity index (χ1v) is 10.1. The molecular formula is C21H22N6O3. The number of benzene rings is 2. The fourth-order valence-electron chi connectivity index (χ4n) is 4.14. The maximum absolute atomic E-state index is 12.8. The van der Waals surface area contributed by atoms with Crippen LogP contribution in [0.2, 0.25) is 0 Å². The van der Waals surface area contributed by atoms with Crippen molar-refractivity contribution in [1.82, 2.24) is 25.5 Å². The predicted octanol–water partition coefficient (Wildman–Crippen LogP) is 3.37. The van der Waals surface area contributed by atoms with Crippen LogP contribution in [-0.2, 0) is 5.54 Å². The summed E-state index contributed by atoms with van der Waals surface area (Å²) in [5.41, 5.74) is 0.836. The summed E-state index contributed by atoms with van der Waals surface area (Å²) < 4.78 is 12.6. The van der Waals surface area contributed by atoms with Gasteiger partial charge in [0.05, 0.1) is 5.69 Å². The summed E-state index contributed by atoms with van der Waals surface area (Å²) in [6, 6.07) is 14.7. The maximum atomic E-state index is 12.8. The normalized spacial score (nSPS) is 16.8. The van der Waals surface area contributed by atoms with Crippen LogP contribution < -0.4 is 20.1 Å². The zero-order chi connectivity index (χ0) is 20.4. The third-order valence-electron chi connectivity index (χ3n) is 5.59. The van der Waals surface area contributed by atoms with Gasteiger partial charge in [-0.25, -0.2) is 4.79 Å². The van der Waals surface area contributed by atoms with E-state index in [1.165, 1.54) is 0 Å². The number of anilines is 1. The summed E-state index contributed by atoms with van der Waals surface area (Å²) in [5, 5.41) is 18.5. The fourth-order valence-corrected chi connectivity index (χ4v) is 4.14. The van der Waals surface area contributed by atoms with Crippen LogP contribution in [0.3, 0.4) is 0 Å². The lowest BCUT2D eigenvalue weighted by atomic mass is 9.81. The number of nitrogens with zero attached hydrogens (tertiary/aromatic N) is 4. The van der Waals surface area contributed by atoms with Gasteiger partial charge in [0.15, 0.2) is 17.3 Å². The molecule has 1 aliphatic carbocycles. The van der Waals surface area contributed by atoms with Crippen molar-refractivity contribution in [3.63, 3.8) is 0 Å². The first-order chi connectivity index (χ1) is 14.7. The summed E-state index contributed by atoms with van der Waals surface area (Å²) in [4.78, 5) is 12.8. The molecule has 0 saturated heterocycles. The van der Waals surface area contributed by atoms with Crippen molar-refractivity contribution < 1.29 is 14.3 Å². The van der Waals surface area contributed by atoms with E-state index in [1.807, 2.05) is 48.5 Å². The quantitative estimate of drug-likeness (QED) is 0.689. The Hall–Kier alpha value is -3.62. The van der Waals surface area contributed by atoms with E-state index in [0.29, 0.717) is 17.3 Å². The molecule has 9 nitrogen and oxygen atoms in total. The van der Waals surface area contributed by atoms with Crippen LogP contribution in [0.4, 0.5) is 10.5 Å². The molecule has 1 fully saturated rings. The van der Waals surface area contributed by atoms with E-state index < -0.39 is 5.54 Å². The third-order valence-corrected chi connectivity index (χ3v) is 5.59. The molecule has 30 heavy (non-hydrogen) atoms. The first kappa shape index (κ1) is 18.4. The Morgan fingerprint density at radius 2 is 1.80 bits per heavy atom. The van der Waals surface area contributed by atoms with Gasteiger partial charge >= 0.3 is 6.03 Å². The van der Waals surface area contributed by atoms with E-state index in [-0.39, 0.29) is 12.8 Å². The van der Waals surface area contributed by atoms with Gasteiger partial charge in [-0.2, -0.15) is 4.68 Å². The second-order valence-electron chi connectivity index (χ2n) is 7.54. The lowest BCUT2D eigenvalue weighted by Gasteiger charge is -2.36. The number of para-hydroxylation sites is 1. The van der Waals surface area contributed by atoms with Gasteiger partial charge in [-0.3, -0.25) is 0 Å². The number of nitrogens with one attached hydrogen (secondary N) is 2. The topological polar surface area (TPSA) is 103 Å². The number of hydrogen-bond donors (Lipinski definition) is 2. The van der Waals surface area contributed by atoms with Crippen LogP contribution in [0.25, 0.3) is 5.69 Å². The van der Waals surface area contributed by atoms with Gasteiger partial charge < -0.3 is 20.1 Å². The Labute approximate surface area is 173 Å². The standard InChI is InChI=1S/C21H22N6O3/c28-20(22-15-7-3-1-4-8-15)23-21(11-5-2-6-12-21)19-24-25-26-27(19)16-9-10-17-18(13-16)30-14-29-17/h1,3-4,7-10,13H,2,5-6,11-12,14H2,(H2,22,23,28). The van der Waals surface area contributed by atoms with Crippen molar-refractivity contribution in [3.05, 3.63) is 54.4 Å². The van der Waals surface area contributed by atoms with Gasteiger partial charge in [0.2, 0.25) is 6.79 Å². The molecule has 3 aromatic rings. The zero-order valence-electron chi connectivity index (χ0n) is 16.4. The van der Waals surface area contributed by atoms with Crippen LogP contribution in [0.1, 0.15) is 37.9 Å². The van der Waals surface area contributed by atoms with Gasteiger partial charge in [-0.05, 0) is 47.5 Å². The largest absolute Gasteiger partial charge is 0.454 e. The molecule has 5 rings (SSSR count). The molecule has 0 spiro atoms. The van der Waals surface area contributed by atoms with E-state index in [4.69, 9.17) is 9.47 Å². The minimum atomic E-state index is -0.656. The number of carbonyl (C=O) groups is 1. The number of amides is 2. The second kappa shape index (κ2) is 7.66. The number of carbonyl (C=O) groups excluding carboxylic acids is 1. The van der Waals surface area contributed by atoms with Crippen molar-refractivity contribution in [3.8, 4) is 17.2 Å². The molecule has 1 aliphatic heterocycles. The molecule has 0 unspecified atom stereocenters. The van der Waals surface area contributed by atoms with Crippen LogP contribution in [-0.4, -0.2) is 33.0 Å². The average molecular weight is 406 g/mol. The maximum Gasteiger partial charge on any atom is 0.320 e. The van der Waals surface area contributed by atoms with Crippen molar-refractivity contribution in [2.45, 2.75) is 37.6 Å². The van der Waals surface area contributed by atoms with E-state index in [1.54, 1.807) is 4.68 Å². The van der Waals surface area contributed by atoms with E-state index in [9.17, 15) is 4.79 Å². The third kappa shape index (κ3) is 3.42. The summed E-state index contributed by atoms with van der Waals surface area (Å²) >= 11 is 0. The molecule has 1 saturated carbocycles. The van der Waals surface area contributed by atoms with Crippen LogP contribution in [0, 0.1) is 0 Å². The smallest absolute Gasteiger partial charge is 0.320 e. The monoisotopic (exact) mass is 406 g/mol. The van der Waals surface area contributed by atoms with Crippen molar-refractivity contribution in [2.24, 2.45) is 0 Å². The van der Waals surface area contributed by atoms with Crippen LogP contribution in [0.5, 0.6) is 11.5 Å². The molecule has 0 bridgehead atoms. The first-order valence-electron chi connectivity index (χ1n) is 10.1. The number of aromatic nitrogens is 4. The van der Waals surface area contributed by atoms with Crippen LogP contribution in [0.15, 0.2) is 48.5 Å². The molecule has 1 aromatic heterocycles. The summed E-state index contributed by atoms with van der Waals surface area (Å²) in [7, 11) is 0. The molecule has 2 N–H and O–H groups in total. The highest BCUT2D eigenvalue weighted by Crippen LogP contribution is 2.38. The molecule has 9 heteroatoms. The summed E-state index contributed by atoms with van der Waals surface area (Å²) in [5.74, 6) is 1.96. The van der Waals surface area contributed by atoms with Crippen molar-refractivity contribution in [1.29, 1.82) is 0 Å². The van der Waals surface area contributed by atoms with Crippen LogP contribution >= 0.6 is 0 Å². The molecule has 0 atom stereocenters. The number of fused-ring (bicyclic) bond motifs is 1. The highest BCUT2D eigenvalue weighted by Gasteiger charge is 2.41. The molecule has 2 heterocycles. The minimum Gasteiger partial charge on any atom is -0.454 e. The molecule has 2 amide bonds. The Morgan fingerprint density at radius 3 is 2.63 bits per heavy atom. The lowest BCUT2D eigenvalue weighted by molar-refractivity contribution is 0.174. The lowest BCUT2D eigenvalue weighted by Crippen LogP contribution is -2.50. The van der Waals surface area contributed by atoms with Crippen molar-refractivity contribution in [2.75, 3.05) is 12.1 Å². The Morgan fingerprint density at radius 1 is 1.00 bits per heavy atom. The second-order valence-corrected chi connectivity index (χ2v) is 7.54. The highest BCUT2D eigenvalue weighted by atomic mass is 16.7. The van der Waals surface area contributed by atoms with E-state index in [0.717, 1.165) is 43.5 Å². The SMILES string of the molecule is O=C(Nc1ccccc1)NC1(c2nnnn2-c2ccc3c(c2)OCO3)CCCCC1. The number of hydrogen-bond acceptors (Lipinski definition) is 6. The Kier molecular flexibility index (Phi) is 4.70. The summed E-state index contributed by atoms with van der Waals surface area (Å²) in [6.45, 7) is 0.201. The zero-order valence-corrected chi connectivity index (χ0v) is 16.4. The van der Waals surface area contributed by atoms with Gasteiger partial charge in [0.25, 0.3) is 0 Å². The molecule has 2 aromatic carbocycles. The van der Waals surface area contributed by atoms with E-state index in [2.05, 4.69) is 26.2 Å². The molecule has 2 aliphatic rings. The average Bonchev–Trinajstić information content (AvgIpc) is 3.44. The number of ether oxygens (including phenoxy) is 2. The van der Waals surface area contributed by atoms with Gasteiger partial charge in [0, 0.05) is 11.8 Å². The molecule has 154 valence electrons. The fraction of sp³-hybridized carbons (Fsp3) is 0.333.